The maximum Gasteiger partial charge on any atom is 0.150 e. The lowest BCUT2D eigenvalue weighted by atomic mass is 9.84. The van der Waals surface area contributed by atoms with Crippen LogP contribution in [0.2, 0.25) is 0 Å². The maximum absolute atomic E-state index is 11.5. The molecular weight excluding hydrogens is 222 g/mol. The lowest BCUT2D eigenvalue weighted by molar-refractivity contribution is 0.370. The summed E-state index contributed by atoms with van der Waals surface area (Å²) in [6.45, 7) is 3.80. The van der Waals surface area contributed by atoms with Gasteiger partial charge in [-0.3, -0.25) is 0 Å². The summed E-state index contributed by atoms with van der Waals surface area (Å²) >= 11 is 0. The summed E-state index contributed by atoms with van der Waals surface area (Å²) in [5.41, 5.74) is -0.358. The molecule has 3 nitrogen and oxygen atoms in total. The minimum absolute atomic E-state index is 0.174. The molecule has 0 aromatic carbocycles. The predicted molar refractivity (Wildman–Crippen MR) is 64.6 cm³/mol. The van der Waals surface area contributed by atoms with Gasteiger partial charge in [-0.25, -0.2) is 8.42 Å². The molecule has 0 radical (unpaired) electrons. The second-order valence-corrected chi connectivity index (χ2v) is 7.37. The first kappa shape index (κ1) is 13.5. The zero-order chi connectivity index (χ0) is 12.2. The van der Waals surface area contributed by atoms with Gasteiger partial charge in [0, 0.05) is 5.75 Å². The van der Waals surface area contributed by atoms with Crippen molar-refractivity contribution >= 4 is 9.84 Å². The average molecular weight is 243 g/mol. The number of nitriles is 1. The van der Waals surface area contributed by atoms with Crippen LogP contribution in [0.25, 0.3) is 0 Å². The van der Waals surface area contributed by atoms with Gasteiger partial charge in [-0.05, 0) is 31.6 Å². The minimum Gasteiger partial charge on any atom is -0.229 e. The second kappa shape index (κ2) is 5.18. The van der Waals surface area contributed by atoms with Gasteiger partial charge < -0.3 is 0 Å². The van der Waals surface area contributed by atoms with E-state index in [2.05, 4.69) is 13.0 Å². The van der Waals surface area contributed by atoms with Crippen LogP contribution >= 0.6 is 0 Å². The highest BCUT2D eigenvalue weighted by molar-refractivity contribution is 7.91. The molecule has 1 aliphatic rings. The van der Waals surface area contributed by atoms with E-state index in [1.54, 1.807) is 6.92 Å². The van der Waals surface area contributed by atoms with E-state index in [1.165, 1.54) is 0 Å². The van der Waals surface area contributed by atoms with Gasteiger partial charge in [-0.15, -0.1) is 0 Å². The summed E-state index contributed by atoms with van der Waals surface area (Å²) in [5.74, 6) is 0.975. The van der Waals surface area contributed by atoms with Gasteiger partial charge in [0.05, 0.1) is 17.2 Å². The Hall–Kier alpha value is -0.560. The normalized spacial score (nSPS) is 30.2. The summed E-state index contributed by atoms with van der Waals surface area (Å²) in [6, 6.07) is 2.37. The van der Waals surface area contributed by atoms with E-state index in [0.29, 0.717) is 12.3 Å². The molecular formula is C12H21NO2S. The fraction of sp³-hybridized carbons (Fsp3) is 0.917. The molecule has 16 heavy (non-hydrogen) atoms. The molecule has 2 atom stereocenters. The first-order valence-corrected chi connectivity index (χ1v) is 7.91. The molecule has 0 amide bonds. The van der Waals surface area contributed by atoms with Crippen LogP contribution in [0.3, 0.4) is 0 Å². The lowest BCUT2D eigenvalue weighted by Crippen LogP contribution is -2.21. The molecule has 1 fully saturated rings. The second-order valence-electron chi connectivity index (χ2n) is 4.90. The Morgan fingerprint density at radius 2 is 2.12 bits per heavy atom. The summed E-state index contributed by atoms with van der Waals surface area (Å²) < 4.78 is 22.9. The molecule has 0 bridgehead atoms. The van der Waals surface area contributed by atoms with Crippen molar-refractivity contribution in [2.45, 2.75) is 46.0 Å². The van der Waals surface area contributed by atoms with E-state index in [4.69, 9.17) is 0 Å². The predicted octanol–water partition coefficient (Wildman–Crippen LogP) is 2.53. The third-order valence-electron chi connectivity index (χ3n) is 3.86. The van der Waals surface area contributed by atoms with Gasteiger partial charge in [0.1, 0.15) is 9.84 Å². The van der Waals surface area contributed by atoms with E-state index in [9.17, 15) is 13.7 Å². The molecule has 1 saturated carbocycles. The standard InChI is InChI=1S/C12H21NO2S/c1-3-11-5-6-12(9-11,10-13)7-8-16(14,15)4-2/h11H,3-9H2,1-2H3. The Bertz CT molecular complexity index is 369. The van der Waals surface area contributed by atoms with Crippen molar-refractivity contribution in [2.75, 3.05) is 11.5 Å². The van der Waals surface area contributed by atoms with Gasteiger partial charge in [0.25, 0.3) is 0 Å². The number of hydrogen-bond donors (Lipinski definition) is 0. The van der Waals surface area contributed by atoms with Crippen LogP contribution in [0.5, 0.6) is 0 Å². The van der Waals surface area contributed by atoms with Crippen molar-refractivity contribution < 1.29 is 8.42 Å². The third-order valence-corrected chi connectivity index (χ3v) is 5.56. The largest absolute Gasteiger partial charge is 0.229 e. The highest BCUT2D eigenvalue weighted by Crippen LogP contribution is 2.45. The van der Waals surface area contributed by atoms with Crippen molar-refractivity contribution in [1.29, 1.82) is 5.26 Å². The monoisotopic (exact) mass is 243 g/mol. The van der Waals surface area contributed by atoms with E-state index < -0.39 is 9.84 Å². The van der Waals surface area contributed by atoms with Gasteiger partial charge >= 0.3 is 0 Å². The van der Waals surface area contributed by atoms with Crippen molar-refractivity contribution in [3.8, 4) is 6.07 Å². The van der Waals surface area contributed by atoms with Crippen LogP contribution < -0.4 is 0 Å². The highest BCUT2D eigenvalue weighted by atomic mass is 32.2. The summed E-state index contributed by atoms with van der Waals surface area (Å²) in [7, 11) is -2.93. The van der Waals surface area contributed by atoms with Gasteiger partial charge in [-0.1, -0.05) is 20.3 Å². The Kier molecular flexibility index (Phi) is 4.37. The molecule has 0 saturated heterocycles. The topological polar surface area (TPSA) is 57.9 Å². The minimum atomic E-state index is -2.93. The highest BCUT2D eigenvalue weighted by Gasteiger charge is 2.39. The first-order chi connectivity index (χ1) is 7.47. The van der Waals surface area contributed by atoms with Crippen molar-refractivity contribution in [1.82, 2.24) is 0 Å². The first-order valence-electron chi connectivity index (χ1n) is 6.08. The summed E-state index contributed by atoms with van der Waals surface area (Å²) in [4.78, 5) is 0. The van der Waals surface area contributed by atoms with Crippen LogP contribution in [-0.4, -0.2) is 19.9 Å². The quantitative estimate of drug-likeness (QED) is 0.745. The van der Waals surface area contributed by atoms with E-state index in [0.717, 1.165) is 25.7 Å². The van der Waals surface area contributed by atoms with Crippen LogP contribution in [0.4, 0.5) is 0 Å². The molecule has 0 aromatic rings. The Morgan fingerprint density at radius 3 is 2.56 bits per heavy atom. The maximum atomic E-state index is 11.5. The fourth-order valence-electron chi connectivity index (χ4n) is 2.47. The fourth-order valence-corrected chi connectivity index (χ4v) is 3.46. The molecule has 4 heteroatoms. The zero-order valence-electron chi connectivity index (χ0n) is 10.2. The Morgan fingerprint density at radius 1 is 1.44 bits per heavy atom. The molecule has 0 heterocycles. The zero-order valence-corrected chi connectivity index (χ0v) is 11.0. The number of rotatable bonds is 5. The molecule has 0 spiro atoms. The van der Waals surface area contributed by atoms with Gasteiger partial charge in [-0.2, -0.15) is 5.26 Å². The SMILES string of the molecule is CCC1CCC(C#N)(CCS(=O)(=O)CC)C1. The van der Waals surface area contributed by atoms with Crippen LogP contribution in [0.1, 0.15) is 46.0 Å². The van der Waals surface area contributed by atoms with Crippen molar-refractivity contribution in [3.63, 3.8) is 0 Å². The van der Waals surface area contributed by atoms with Gasteiger partial charge in [0.15, 0.2) is 0 Å². The molecule has 92 valence electrons. The lowest BCUT2D eigenvalue weighted by Gasteiger charge is -2.20. The Labute approximate surface area is 98.8 Å². The van der Waals surface area contributed by atoms with Crippen LogP contribution in [0.15, 0.2) is 0 Å². The van der Waals surface area contributed by atoms with E-state index in [-0.39, 0.29) is 16.9 Å². The van der Waals surface area contributed by atoms with E-state index in [1.807, 2.05) is 0 Å². The Balaban J connectivity index is 2.61. The smallest absolute Gasteiger partial charge is 0.150 e. The van der Waals surface area contributed by atoms with Crippen LogP contribution in [-0.2, 0) is 9.84 Å². The molecule has 0 aromatic heterocycles. The molecule has 1 rings (SSSR count). The molecule has 0 aliphatic heterocycles. The van der Waals surface area contributed by atoms with Gasteiger partial charge in [0.2, 0.25) is 0 Å². The average Bonchev–Trinajstić information content (AvgIpc) is 2.71. The van der Waals surface area contributed by atoms with Crippen molar-refractivity contribution in [2.24, 2.45) is 11.3 Å². The molecule has 1 aliphatic carbocycles. The number of sulfone groups is 1. The summed E-state index contributed by atoms with van der Waals surface area (Å²) in [5, 5.41) is 9.25. The molecule has 2 unspecified atom stereocenters. The summed E-state index contributed by atoms with van der Waals surface area (Å²) in [6.07, 6.45) is 4.47. The number of nitrogens with zero attached hydrogens (tertiary/aromatic N) is 1. The number of hydrogen-bond acceptors (Lipinski definition) is 3. The van der Waals surface area contributed by atoms with E-state index >= 15 is 0 Å². The molecule has 0 N–H and O–H groups in total. The van der Waals surface area contributed by atoms with Crippen LogP contribution in [0, 0.1) is 22.7 Å². The van der Waals surface area contributed by atoms with Crippen molar-refractivity contribution in [3.05, 3.63) is 0 Å². The third kappa shape index (κ3) is 3.21.